The molecule has 4 rings (SSSR count). The minimum atomic E-state index is 0.594. The predicted molar refractivity (Wildman–Crippen MR) is 112 cm³/mol. The summed E-state index contributed by atoms with van der Waals surface area (Å²) in [6, 6.07) is 18.9. The molecule has 0 bridgehead atoms. The zero-order valence-electron chi connectivity index (χ0n) is 16.2. The van der Waals surface area contributed by atoms with Crippen LogP contribution in [0.15, 0.2) is 60.9 Å². The van der Waals surface area contributed by atoms with Crippen molar-refractivity contribution in [2.24, 2.45) is 0 Å². The summed E-state index contributed by atoms with van der Waals surface area (Å²) < 4.78 is 2.33. The molecule has 4 heteroatoms. The third-order valence-electron chi connectivity index (χ3n) is 5.08. The van der Waals surface area contributed by atoms with Gasteiger partial charge < -0.3 is 4.57 Å². The maximum atomic E-state index is 9.31. The second-order valence-corrected chi connectivity index (χ2v) is 7.04. The van der Waals surface area contributed by atoms with Gasteiger partial charge in [0.2, 0.25) is 0 Å². The van der Waals surface area contributed by atoms with Gasteiger partial charge in [0, 0.05) is 30.9 Å². The van der Waals surface area contributed by atoms with Crippen LogP contribution in [-0.4, -0.2) is 14.5 Å². The number of fused-ring (bicyclic) bond motifs is 1. The van der Waals surface area contributed by atoms with Gasteiger partial charge in [0.05, 0.1) is 16.6 Å². The highest BCUT2D eigenvalue weighted by atomic mass is 15.1. The summed E-state index contributed by atoms with van der Waals surface area (Å²) in [4.78, 5) is 8.95. The van der Waals surface area contributed by atoms with Crippen LogP contribution in [0.3, 0.4) is 0 Å². The van der Waals surface area contributed by atoms with E-state index in [1.54, 1.807) is 12.4 Å². The summed E-state index contributed by atoms with van der Waals surface area (Å²) in [6.45, 7) is 5.09. The van der Waals surface area contributed by atoms with Gasteiger partial charge in [0.25, 0.3) is 0 Å². The molecule has 4 nitrogen and oxygen atoms in total. The van der Waals surface area contributed by atoms with Crippen LogP contribution < -0.4 is 0 Å². The topological polar surface area (TPSA) is 54.5 Å². The van der Waals surface area contributed by atoms with E-state index in [9.17, 15) is 5.26 Å². The molecule has 28 heavy (non-hydrogen) atoms. The first-order chi connectivity index (χ1) is 13.7. The molecule has 0 amide bonds. The number of nitrogens with zero attached hydrogens (tertiary/aromatic N) is 4. The molecule has 0 atom stereocenters. The van der Waals surface area contributed by atoms with Crippen molar-refractivity contribution < 1.29 is 0 Å². The normalized spacial score (nSPS) is 10.9. The fraction of sp³-hybridized carbons (Fsp3) is 0.208. The van der Waals surface area contributed by atoms with Gasteiger partial charge >= 0.3 is 0 Å². The zero-order valence-corrected chi connectivity index (χ0v) is 16.2. The van der Waals surface area contributed by atoms with Crippen LogP contribution in [0.5, 0.6) is 0 Å². The molecule has 0 N–H and O–H groups in total. The van der Waals surface area contributed by atoms with E-state index in [1.165, 1.54) is 16.6 Å². The second-order valence-electron chi connectivity index (χ2n) is 7.04. The number of hydrogen-bond acceptors (Lipinski definition) is 3. The fourth-order valence-electron chi connectivity index (χ4n) is 3.63. The Kier molecular flexibility index (Phi) is 4.90. The summed E-state index contributed by atoms with van der Waals surface area (Å²) in [5.41, 5.74) is 7.25. The number of nitriles is 1. The highest BCUT2D eigenvalue weighted by Crippen LogP contribution is 2.25. The van der Waals surface area contributed by atoms with Crippen molar-refractivity contribution in [3.8, 4) is 17.2 Å². The molecule has 0 saturated carbocycles. The number of hydrogen-bond donors (Lipinski definition) is 0. The first kappa shape index (κ1) is 17.9. The molecule has 0 aliphatic carbocycles. The molecular formula is C24H22N4. The quantitative estimate of drug-likeness (QED) is 0.483. The number of aryl methyl sites for hydroxylation is 2. The van der Waals surface area contributed by atoms with Crippen LogP contribution in [0.1, 0.15) is 35.9 Å². The van der Waals surface area contributed by atoms with Crippen molar-refractivity contribution in [3.63, 3.8) is 0 Å². The maximum Gasteiger partial charge on any atom is 0.110 e. The third-order valence-corrected chi connectivity index (χ3v) is 5.08. The molecule has 0 aliphatic heterocycles. The molecule has 0 unspecified atom stereocenters. The molecule has 0 aliphatic rings. The van der Waals surface area contributed by atoms with E-state index in [0.717, 1.165) is 41.9 Å². The highest BCUT2D eigenvalue weighted by Gasteiger charge is 2.12. The van der Waals surface area contributed by atoms with Gasteiger partial charge in [-0.25, -0.2) is 4.98 Å². The number of rotatable bonds is 5. The van der Waals surface area contributed by atoms with Gasteiger partial charge in [-0.2, -0.15) is 5.26 Å². The SMILES string of the molecule is CCCc1nc2c(C)cccc2n1Cc1ccc(-c2ccncc2C#N)cc1. The summed E-state index contributed by atoms with van der Waals surface area (Å²) in [5.74, 6) is 1.14. The van der Waals surface area contributed by atoms with Gasteiger partial charge in [-0.3, -0.25) is 4.98 Å². The third kappa shape index (κ3) is 3.27. The monoisotopic (exact) mass is 366 g/mol. The minimum absolute atomic E-state index is 0.594. The Labute approximate surface area is 165 Å². The Hall–Kier alpha value is -3.45. The summed E-state index contributed by atoms with van der Waals surface area (Å²) in [7, 11) is 0. The average Bonchev–Trinajstić information content (AvgIpc) is 3.07. The molecule has 2 aromatic carbocycles. The van der Waals surface area contributed by atoms with Gasteiger partial charge in [-0.05, 0) is 42.2 Å². The number of imidazole rings is 1. The number of aromatic nitrogens is 3. The summed E-state index contributed by atoms with van der Waals surface area (Å²) in [5, 5.41) is 9.31. The largest absolute Gasteiger partial charge is 0.323 e. The Bertz CT molecular complexity index is 1160. The minimum Gasteiger partial charge on any atom is -0.323 e. The van der Waals surface area contributed by atoms with E-state index >= 15 is 0 Å². The van der Waals surface area contributed by atoms with Gasteiger partial charge in [0.1, 0.15) is 11.9 Å². The lowest BCUT2D eigenvalue weighted by Crippen LogP contribution is -2.05. The van der Waals surface area contributed by atoms with Crippen LogP contribution in [0.4, 0.5) is 0 Å². The Morgan fingerprint density at radius 1 is 1.07 bits per heavy atom. The molecule has 2 heterocycles. The van der Waals surface area contributed by atoms with Crippen LogP contribution in [-0.2, 0) is 13.0 Å². The number of benzene rings is 2. The summed E-state index contributed by atoms with van der Waals surface area (Å²) >= 11 is 0. The number of pyridine rings is 1. The van der Waals surface area contributed by atoms with Crippen LogP contribution in [0.2, 0.25) is 0 Å². The van der Waals surface area contributed by atoms with E-state index in [-0.39, 0.29) is 0 Å². The second kappa shape index (κ2) is 7.66. The molecule has 0 fully saturated rings. The van der Waals surface area contributed by atoms with Crippen LogP contribution in [0.25, 0.3) is 22.2 Å². The van der Waals surface area contributed by atoms with Crippen molar-refractivity contribution in [2.75, 3.05) is 0 Å². The van der Waals surface area contributed by atoms with E-state index in [4.69, 9.17) is 4.98 Å². The van der Waals surface area contributed by atoms with Crippen molar-refractivity contribution in [1.29, 1.82) is 5.26 Å². The Balaban J connectivity index is 1.70. The maximum absolute atomic E-state index is 9.31. The molecule has 0 radical (unpaired) electrons. The van der Waals surface area contributed by atoms with E-state index < -0.39 is 0 Å². The Morgan fingerprint density at radius 3 is 2.64 bits per heavy atom. The lowest BCUT2D eigenvalue weighted by atomic mass is 10.0. The van der Waals surface area contributed by atoms with E-state index in [0.29, 0.717) is 5.56 Å². The molecule has 0 spiro atoms. The molecule has 4 aromatic rings. The van der Waals surface area contributed by atoms with E-state index in [1.807, 2.05) is 6.07 Å². The highest BCUT2D eigenvalue weighted by molar-refractivity contribution is 5.79. The van der Waals surface area contributed by atoms with Crippen LogP contribution >= 0.6 is 0 Å². The van der Waals surface area contributed by atoms with Gasteiger partial charge in [-0.1, -0.05) is 43.3 Å². The van der Waals surface area contributed by atoms with Crippen molar-refractivity contribution in [3.05, 3.63) is 83.4 Å². The van der Waals surface area contributed by atoms with Gasteiger partial charge in [0.15, 0.2) is 0 Å². The first-order valence-corrected chi connectivity index (χ1v) is 9.59. The van der Waals surface area contributed by atoms with Crippen LogP contribution in [0, 0.1) is 18.3 Å². The first-order valence-electron chi connectivity index (χ1n) is 9.59. The lowest BCUT2D eigenvalue weighted by Gasteiger charge is -2.10. The Morgan fingerprint density at radius 2 is 1.89 bits per heavy atom. The van der Waals surface area contributed by atoms with Crippen molar-refractivity contribution in [1.82, 2.24) is 14.5 Å². The zero-order chi connectivity index (χ0) is 19.5. The molecule has 2 aromatic heterocycles. The smallest absolute Gasteiger partial charge is 0.110 e. The molecule has 0 saturated heterocycles. The summed E-state index contributed by atoms with van der Waals surface area (Å²) in [6.07, 6.45) is 5.37. The van der Waals surface area contributed by atoms with E-state index in [2.05, 4.69) is 71.9 Å². The molecular weight excluding hydrogens is 344 g/mol. The van der Waals surface area contributed by atoms with Crippen molar-refractivity contribution in [2.45, 2.75) is 33.2 Å². The van der Waals surface area contributed by atoms with Gasteiger partial charge in [-0.15, -0.1) is 0 Å². The standard InChI is InChI=1S/C24H22N4/c1-3-5-23-27-24-17(2)6-4-7-22(24)28(23)16-18-8-10-19(11-9-18)21-12-13-26-15-20(21)14-25/h4,6-13,15H,3,5,16H2,1-2H3. The average molecular weight is 366 g/mol. The molecule has 138 valence electrons. The predicted octanol–water partition coefficient (Wildman–Crippen LogP) is 5.28. The lowest BCUT2D eigenvalue weighted by molar-refractivity contribution is 0.722. The fourth-order valence-corrected chi connectivity index (χ4v) is 3.63. The van der Waals surface area contributed by atoms with Crippen molar-refractivity contribution >= 4 is 11.0 Å². The number of para-hydroxylation sites is 1.